The number of nitrogens with zero attached hydrogens (tertiary/aromatic N) is 3. The molecule has 2 aromatic carbocycles. The molecule has 1 amide bonds. The fraction of sp³-hybridized carbons (Fsp3) is 0.375. The number of carbonyl (C=O) groups is 1. The van der Waals surface area contributed by atoms with Crippen molar-refractivity contribution in [3.8, 4) is 11.4 Å². The largest absolute Gasteiger partial charge is 0.347 e. The van der Waals surface area contributed by atoms with Gasteiger partial charge in [0.2, 0.25) is 17.6 Å². The molecule has 1 aliphatic heterocycles. The van der Waals surface area contributed by atoms with Gasteiger partial charge < -0.3 is 9.84 Å². The van der Waals surface area contributed by atoms with Gasteiger partial charge in [0.25, 0.3) is 0 Å². The van der Waals surface area contributed by atoms with E-state index in [1.54, 1.807) is 0 Å². The van der Waals surface area contributed by atoms with E-state index in [4.69, 9.17) is 4.52 Å². The number of aryl methyl sites for hydroxylation is 2. The lowest BCUT2D eigenvalue weighted by Gasteiger charge is -2.31. The van der Waals surface area contributed by atoms with Crippen molar-refractivity contribution in [2.75, 3.05) is 13.1 Å². The van der Waals surface area contributed by atoms with Crippen LogP contribution in [0.5, 0.6) is 0 Å². The van der Waals surface area contributed by atoms with Crippen LogP contribution in [0.3, 0.4) is 0 Å². The van der Waals surface area contributed by atoms with Gasteiger partial charge in [0, 0.05) is 18.0 Å². The normalized spacial score (nSPS) is 15.3. The molecule has 6 heteroatoms. The molecule has 0 saturated carbocycles. The van der Waals surface area contributed by atoms with E-state index in [1.807, 2.05) is 31.2 Å². The molecule has 1 fully saturated rings. The Bertz CT molecular complexity index is 1010. The number of piperidine rings is 1. The zero-order chi connectivity index (χ0) is 20.9. The molecule has 2 heterocycles. The number of amides is 1. The van der Waals surface area contributed by atoms with Crippen LogP contribution in [0.2, 0.25) is 0 Å². The van der Waals surface area contributed by atoms with Gasteiger partial charge >= 0.3 is 0 Å². The summed E-state index contributed by atoms with van der Waals surface area (Å²) in [6.45, 7) is 7.22. The molecule has 3 aromatic rings. The van der Waals surface area contributed by atoms with Crippen LogP contribution in [-0.2, 0) is 17.9 Å². The number of nitrogens with one attached hydrogen (secondary N) is 1. The van der Waals surface area contributed by atoms with Gasteiger partial charge in [0.15, 0.2) is 0 Å². The van der Waals surface area contributed by atoms with Gasteiger partial charge in [0.1, 0.15) is 0 Å². The zero-order valence-corrected chi connectivity index (χ0v) is 17.6. The van der Waals surface area contributed by atoms with Crippen LogP contribution >= 0.6 is 0 Å². The highest BCUT2D eigenvalue weighted by molar-refractivity contribution is 5.78. The smallest absolute Gasteiger partial charge is 0.246 e. The zero-order valence-electron chi connectivity index (χ0n) is 17.6. The van der Waals surface area contributed by atoms with E-state index in [1.165, 1.54) is 11.1 Å². The second kappa shape index (κ2) is 9.22. The number of aromatic nitrogens is 2. The summed E-state index contributed by atoms with van der Waals surface area (Å²) >= 11 is 0. The van der Waals surface area contributed by atoms with E-state index in [9.17, 15) is 4.79 Å². The maximum absolute atomic E-state index is 12.6. The Morgan fingerprint density at radius 3 is 2.57 bits per heavy atom. The molecule has 4 rings (SSSR count). The monoisotopic (exact) mass is 404 g/mol. The summed E-state index contributed by atoms with van der Waals surface area (Å²) < 4.78 is 5.31. The van der Waals surface area contributed by atoms with Gasteiger partial charge in [0.05, 0.1) is 6.54 Å². The van der Waals surface area contributed by atoms with Crippen LogP contribution in [0, 0.1) is 19.8 Å². The number of hydrogen-bond acceptors (Lipinski definition) is 5. The first kappa shape index (κ1) is 20.3. The molecule has 0 atom stereocenters. The van der Waals surface area contributed by atoms with Crippen molar-refractivity contribution < 1.29 is 9.32 Å². The number of carbonyl (C=O) groups excluding carboxylic acids is 1. The van der Waals surface area contributed by atoms with E-state index < -0.39 is 0 Å². The molecular weight excluding hydrogens is 376 g/mol. The third kappa shape index (κ3) is 5.13. The molecule has 0 unspecified atom stereocenters. The molecule has 6 nitrogen and oxygen atoms in total. The number of benzene rings is 2. The Morgan fingerprint density at radius 2 is 1.83 bits per heavy atom. The van der Waals surface area contributed by atoms with Crippen molar-refractivity contribution in [1.29, 1.82) is 0 Å². The molecule has 0 spiro atoms. The van der Waals surface area contributed by atoms with E-state index in [0.29, 0.717) is 11.7 Å². The first-order valence-corrected chi connectivity index (χ1v) is 10.5. The van der Waals surface area contributed by atoms with Gasteiger partial charge in [-0.25, -0.2) is 0 Å². The Labute approximate surface area is 177 Å². The fourth-order valence-corrected chi connectivity index (χ4v) is 3.96. The quantitative estimate of drug-likeness (QED) is 0.675. The summed E-state index contributed by atoms with van der Waals surface area (Å²) in [7, 11) is 0. The fourth-order valence-electron chi connectivity index (χ4n) is 3.96. The van der Waals surface area contributed by atoms with Crippen LogP contribution in [-0.4, -0.2) is 34.0 Å². The second-order valence-corrected chi connectivity index (χ2v) is 8.14. The molecule has 1 saturated heterocycles. The molecule has 0 aliphatic carbocycles. The first-order valence-electron chi connectivity index (χ1n) is 10.5. The standard InChI is InChI=1S/C24H28N4O2/c1-17-5-3-7-19(13-17)16-28-11-9-20(10-12-28)24(29)25-15-22-26-23(27-30-22)21-8-4-6-18(2)14-21/h3-8,13-14,20H,9-12,15-16H2,1-2H3,(H,25,29). The van der Waals surface area contributed by atoms with Crippen molar-refractivity contribution >= 4 is 5.91 Å². The summed E-state index contributed by atoms with van der Waals surface area (Å²) in [6.07, 6.45) is 1.74. The molecule has 30 heavy (non-hydrogen) atoms. The average Bonchev–Trinajstić information content (AvgIpc) is 3.22. The summed E-state index contributed by atoms with van der Waals surface area (Å²) in [5, 5.41) is 6.99. The van der Waals surface area contributed by atoms with Crippen molar-refractivity contribution in [2.45, 2.75) is 39.8 Å². The molecule has 1 aromatic heterocycles. The molecule has 1 aliphatic rings. The first-order chi connectivity index (χ1) is 14.6. The molecule has 1 N–H and O–H groups in total. The molecular formula is C24H28N4O2. The molecule has 156 valence electrons. The van der Waals surface area contributed by atoms with Crippen molar-refractivity contribution in [2.24, 2.45) is 5.92 Å². The second-order valence-electron chi connectivity index (χ2n) is 8.14. The Balaban J connectivity index is 1.24. The lowest BCUT2D eigenvalue weighted by atomic mass is 9.95. The minimum absolute atomic E-state index is 0.0397. The van der Waals surface area contributed by atoms with Gasteiger partial charge in [-0.1, -0.05) is 58.7 Å². The lowest BCUT2D eigenvalue weighted by Crippen LogP contribution is -2.40. The van der Waals surface area contributed by atoms with E-state index in [-0.39, 0.29) is 18.4 Å². The highest BCUT2D eigenvalue weighted by atomic mass is 16.5. The summed E-state index contributed by atoms with van der Waals surface area (Å²) in [5.41, 5.74) is 4.67. The van der Waals surface area contributed by atoms with Crippen LogP contribution < -0.4 is 5.32 Å². The Kier molecular flexibility index (Phi) is 6.23. The van der Waals surface area contributed by atoms with Crippen molar-refractivity contribution in [3.63, 3.8) is 0 Å². The third-order valence-electron chi connectivity index (χ3n) is 5.61. The van der Waals surface area contributed by atoms with Crippen molar-refractivity contribution in [3.05, 3.63) is 71.1 Å². The Morgan fingerprint density at radius 1 is 1.10 bits per heavy atom. The highest BCUT2D eigenvalue weighted by Crippen LogP contribution is 2.20. The minimum Gasteiger partial charge on any atom is -0.347 e. The van der Waals surface area contributed by atoms with Crippen LogP contribution in [0.4, 0.5) is 0 Å². The number of likely N-dealkylation sites (tertiary alicyclic amines) is 1. The van der Waals surface area contributed by atoms with Crippen molar-refractivity contribution in [1.82, 2.24) is 20.4 Å². The van der Waals surface area contributed by atoms with Gasteiger partial charge in [-0.3, -0.25) is 9.69 Å². The van der Waals surface area contributed by atoms with Gasteiger partial charge in [-0.2, -0.15) is 4.98 Å². The van der Waals surface area contributed by atoms with Gasteiger partial charge in [-0.15, -0.1) is 0 Å². The van der Waals surface area contributed by atoms with Crippen LogP contribution in [0.1, 0.15) is 35.4 Å². The number of hydrogen-bond donors (Lipinski definition) is 1. The molecule has 0 bridgehead atoms. The highest BCUT2D eigenvalue weighted by Gasteiger charge is 2.25. The third-order valence-corrected chi connectivity index (χ3v) is 5.61. The van der Waals surface area contributed by atoms with E-state index in [0.717, 1.165) is 43.6 Å². The predicted octanol–water partition coefficient (Wildman–Crippen LogP) is 3.88. The maximum atomic E-state index is 12.6. The summed E-state index contributed by atoms with van der Waals surface area (Å²) in [4.78, 5) is 19.4. The summed E-state index contributed by atoms with van der Waals surface area (Å²) in [6, 6.07) is 16.6. The van der Waals surface area contributed by atoms with Gasteiger partial charge in [-0.05, 0) is 51.4 Å². The minimum atomic E-state index is 0.0397. The Hall–Kier alpha value is -2.99. The van der Waals surface area contributed by atoms with Crippen LogP contribution in [0.25, 0.3) is 11.4 Å². The predicted molar refractivity (Wildman–Crippen MR) is 115 cm³/mol. The average molecular weight is 405 g/mol. The molecule has 0 radical (unpaired) electrons. The lowest BCUT2D eigenvalue weighted by molar-refractivity contribution is -0.126. The van der Waals surface area contributed by atoms with E-state index >= 15 is 0 Å². The van der Waals surface area contributed by atoms with Crippen LogP contribution in [0.15, 0.2) is 53.1 Å². The SMILES string of the molecule is Cc1cccc(CN2CCC(C(=O)NCc3nc(-c4cccc(C)c4)no3)CC2)c1. The maximum Gasteiger partial charge on any atom is 0.246 e. The number of rotatable bonds is 6. The topological polar surface area (TPSA) is 71.3 Å². The summed E-state index contributed by atoms with van der Waals surface area (Å²) in [5.74, 6) is 1.09. The van der Waals surface area contributed by atoms with E-state index in [2.05, 4.69) is 51.5 Å².